The fourth-order valence-electron chi connectivity index (χ4n) is 2.34. The Bertz CT molecular complexity index is 785. The Hall–Kier alpha value is -0.620. The Kier molecular flexibility index (Phi) is 7.40. The first-order valence-electron chi connectivity index (χ1n) is 7.60. The molecule has 1 aliphatic heterocycles. The summed E-state index contributed by atoms with van der Waals surface area (Å²) in [6, 6.07) is 7.82. The van der Waals surface area contributed by atoms with Crippen molar-refractivity contribution in [2.75, 3.05) is 25.7 Å². The summed E-state index contributed by atoms with van der Waals surface area (Å²) in [6.45, 7) is 3.82. The minimum absolute atomic E-state index is 0.0500. The molecule has 0 saturated carbocycles. The van der Waals surface area contributed by atoms with Crippen molar-refractivity contribution in [3.05, 3.63) is 48.6 Å². The van der Waals surface area contributed by atoms with Gasteiger partial charge in [-0.15, -0.1) is 0 Å². The molecule has 1 aliphatic rings. The van der Waals surface area contributed by atoms with Gasteiger partial charge in [0.15, 0.2) is 11.7 Å². The molecule has 0 saturated heterocycles. The SMILES string of the molecule is C=CC=C(c1ccc(N(C)C)cc1)N1CN=C(C(Cl)(Cl)Cl)N=C1C(Cl)(Cl)Cl. The van der Waals surface area contributed by atoms with Crippen LogP contribution >= 0.6 is 69.6 Å². The predicted molar refractivity (Wildman–Crippen MR) is 121 cm³/mol. The van der Waals surface area contributed by atoms with E-state index >= 15 is 0 Å². The Morgan fingerprint density at radius 1 is 1.07 bits per heavy atom. The summed E-state index contributed by atoms with van der Waals surface area (Å²) < 4.78 is -3.69. The second kappa shape index (κ2) is 8.81. The highest BCUT2D eigenvalue weighted by molar-refractivity contribution is 6.79. The number of anilines is 1. The van der Waals surface area contributed by atoms with Crippen LogP contribution in [0.4, 0.5) is 5.69 Å². The average Bonchev–Trinajstić information content (AvgIpc) is 2.58. The maximum absolute atomic E-state index is 6.14. The maximum atomic E-state index is 6.14. The highest BCUT2D eigenvalue weighted by Gasteiger charge is 2.40. The van der Waals surface area contributed by atoms with Gasteiger partial charge in [-0.05, 0) is 23.8 Å². The number of nitrogens with zero attached hydrogens (tertiary/aromatic N) is 4. The van der Waals surface area contributed by atoms with Crippen molar-refractivity contribution in [3.63, 3.8) is 0 Å². The normalized spacial score (nSPS) is 16.0. The van der Waals surface area contributed by atoms with E-state index in [1.54, 1.807) is 17.1 Å². The number of benzene rings is 1. The molecule has 10 heteroatoms. The first-order chi connectivity index (χ1) is 12.4. The van der Waals surface area contributed by atoms with E-state index in [4.69, 9.17) is 69.6 Å². The number of alkyl halides is 6. The van der Waals surface area contributed by atoms with Crippen LogP contribution in [0, 0.1) is 0 Å². The van der Waals surface area contributed by atoms with Crippen LogP contribution in [0.2, 0.25) is 0 Å². The molecule has 0 aromatic heterocycles. The molecule has 2 rings (SSSR count). The summed E-state index contributed by atoms with van der Waals surface area (Å²) in [5.74, 6) is 0.0274. The lowest BCUT2D eigenvalue weighted by Crippen LogP contribution is -2.43. The van der Waals surface area contributed by atoms with E-state index in [-0.39, 0.29) is 18.3 Å². The van der Waals surface area contributed by atoms with Crippen LogP contribution in [0.15, 0.2) is 53.0 Å². The third kappa shape index (κ3) is 5.69. The van der Waals surface area contributed by atoms with Crippen LogP contribution in [0.25, 0.3) is 5.70 Å². The molecule has 1 aromatic rings. The van der Waals surface area contributed by atoms with Gasteiger partial charge in [0.1, 0.15) is 6.67 Å². The van der Waals surface area contributed by atoms with E-state index in [0.29, 0.717) is 5.70 Å². The van der Waals surface area contributed by atoms with Crippen LogP contribution in [0.1, 0.15) is 5.56 Å². The van der Waals surface area contributed by atoms with Crippen molar-refractivity contribution >= 4 is 92.7 Å². The molecule has 1 aromatic carbocycles. The van der Waals surface area contributed by atoms with E-state index in [1.807, 2.05) is 43.3 Å². The summed E-state index contributed by atoms with van der Waals surface area (Å²) in [4.78, 5) is 12.0. The van der Waals surface area contributed by atoms with Crippen LogP contribution in [-0.2, 0) is 0 Å². The first-order valence-corrected chi connectivity index (χ1v) is 9.87. The second-order valence-corrected chi connectivity index (χ2v) is 10.3. The largest absolute Gasteiger partial charge is 0.378 e. The van der Waals surface area contributed by atoms with Gasteiger partial charge in [-0.25, -0.2) is 9.98 Å². The van der Waals surface area contributed by atoms with Crippen LogP contribution in [-0.4, -0.2) is 44.9 Å². The van der Waals surface area contributed by atoms with Crippen molar-refractivity contribution in [1.29, 1.82) is 0 Å². The molecule has 146 valence electrons. The Labute approximate surface area is 188 Å². The summed E-state index contributed by atoms with van der Waals surface area (Å²) in [5, 5.41) is 0. The zero-order valence-corrected chi connectivity index (χ0v) is 19.0. The number of hydrogen-bond donors (Lipinski definition) is 0. The zero-order valence-electron chi connectivity index (χ0n) is 14.4. The molecule has 0 fully saturated rings. The van der Waals surface area contributed by atoms with Gasteiger partial charge in [0, 0.05) is 19.8 Å². The standard InChI is InChI=1S/C17H16Cl6N4/c1-4-5-13(11-6-8-12(9-7-11)26(2)3)27-10-24-14(16(18,19)20)25-15(27)17(21,22)23/h4-9H,1,10H2,2-3H3. The minimum atomic E-state index is -1.86. The first kappa shape index (κ1) is 22.7. The fraction of sp³-hybridized carbons (Fsp3) is 0.294. The molecule has 0 aliphatic carbocycles. The van der Waals surface area contributed by atoms with E-state index in [2.05, 4.69) is 16.6 Å². The van der Waals surface area contributed by atoms with E-state index in [0.717, 1.165) is 11.3 Å². The van der Waals surface area contributed by atoms with Crippen LogP contribution < -0.4 is 4.90 Å². The molecule has 4 nitrogen and oxygen atoms in total. The Morgan fingerprint density at radius 2 is 1.67 bits per heavy atom. The summed E-state index contributed by atoms with van der Waals surface area (Å²) in [7, 11) is 3.92. The molecule has 0 unspecified atom stereocenters. The monoisotopic (exact) mass is 486 g/mol. The average molecular weight is 489 g/mol. The lowest BCUT2D eigenvalue weighted by molar-refractivity contribution is 0.581. The van der Waals surface area contributed by atoms with Gasteiger partial charge in [-0.2, -0.15) is 0 Å². The van der Waals surface area contributed by atoms with Gasteiger partial charge >= 0.3 is 0 Å². The number of allylic oxidation sites excluding steroid dienone is 2. The summed E-state index contributed by atoms with van der Waals surface area (Å²) in [5.41, 5.74) is 2.59. The van der Waals surface area contributed by atoms with E-state index in [9.17, 15) is 0 Å². The van der Waals surface area contributed by atoms with Crippen LogP contribution in [0.3, 0.4) is 0 Å². The highest BCUT2D eigenvalue weighted by Crippen LogP contribution is 2.38. The molecule has 0 amide bonds. The molecule has 1 heterocycles. The molecule has 0 spiro atoms. The van der Waals surface area contributed by atoms with E-state index < -0.39 is 7.59 Å². The number of halogens is 6. The summed E-state index contributed by atoms with van der Waals surface area (Å²) >= 11 is 36.1. The topological polar surface area (TPSA) is 31.2 Å². The van der Waals surface area contributed by atoms with Crippen molar-refractivity contribution in [2.24, 2.45) is 9.98 Å². The third-order valence-corrected chi connectivity index (χ3v) is 4.60. The molecule has 0 N–H and O–H groups in total. The zero-order chi connectivity index (χ0) is 20.4. The number of hydrogen-bond acceptors (Lipinski definition) is 4. The highest BCUT2D eigenvalue weighted by atomic mass is 35.6. The minimum Gasteiger partial charge on any atom is -0.378 e. The molecule has 0 bridgehead atoms. The Morgan fingerprint density at radius 3 is 2.11 bits per heavy atom. The van der Waals surface area contributed by atoms with Crippen LogP contribution in [0.5, 0.6) is 0 Å². The second-order valence-electron chi connectivity index (χ2n) is 5.71. The smallest absolute Gasteiger partial charge is 0.249 e. The van der Waals surface area contributed by atoms with Gasteiger partial charge < -0.3 is 9.80 Å². The molecule has 0 radical (unpaired) electrons. The molecule has 27 heavy (non-hydrogen) atoms. The molecule has 0 atom stereocenters. The lowest BCUT2D eigenvalue weighted by atomic mass is 10.1. The lowest BCUT2D eigenvalue weighted by Gasteiger charge is -2.34. The van der Waals surface area contributed by atoms with Gasteiger partial charge in [-0.3, -0.25) is 0 Å². The van der Waals surface area contributed by atoms with Gasteiger partial charge in [0.25, 0.3) is 0 Å². The number of rotatable bonds is 4. The molecular formula is C17H16Cl6N4. The van der Waals surface area contributed by atoms with Crippen molar-refractivity contribution in [1.82, 2.24) is 4.90 Å². The maximum Gasteiger partial charge on any atom is 0.249 e. The van der Waals surface area contributed by atoms with Gasteiger partial charge in [-0.1, -0.05) is 94.4 Å². The predicted octanol–water partition coefficient (Wildman–Crippen LogP) is 6.09. The van der Waals surface area contributed by atoms with Gasteiger partial charge in [0.2, 0.25) is 7.59 Å². The number of aliphatic imine (C=N–C) groups is 2. The third-order valence-electron chi connectivity index (χ3n) is 3.58. The van der Waals surface area contributed by atoms with Gasteiger partial charge in [0.05, 0.1) is 5.70 Å². The van der Waals surface area contributed by atoms with Crippen molar-refractivity contribution in [3.8, 4) is 0 Å². The van der Waals surface area contributed by atoms with Crippen molar-refractivity contribution in [2.45, 2.75) is 7.59 Å². The summed E-state index contributed by atoms with van der Waals surface area (Å²) in [6.07, 6.45) is 3.39. The fourth-order valence-corrected chi connectivity index (χ4v) is 3.08. The molecular weight excluding hydrogens is 473 g/mol. The van der Waals surface area contributed by atoms with E-state index in [1.165, 1.54) is 0 Å². The van der Waals surface area contributed by atoms with Crippen molar-refractivity contribution < 1.29 is 0 Å². The Balaban J connectivity index is 2.51. The number of amidine groups is 2. The quantitative estimate of drug-likeness (QED) is 0.379.